The Morgan fingerprint density at radius 1 is 1.22 bits per heavy atom. The van der Waals surface area contributed by atoms with Gasteiger partial charge in [0, 0.05) is 19.1 Å². The van der Waals surface area contributed by atoms with E-state index < -0.39 is 0 Å². The number of likely N-dealkylation sites (tertiary alicyclic amines) is 1. The van der Waals surface area contributed by atoms with Crippen LogP contribution in [0.4, 0.5) is 0 Å². The summed E-state index contributed by atoms with van der Waals surface area (Å²) in [5.74, 6) is 2.48. The van der Waals surface area contributed by atoms with Gasteiger partial charge in [0.25, 0.3) is 0 Å². The molecule has 1 atom stereocenters. The van der Waals surface area contributed by atoms with Crippen LogP contribution in [-0.4, -0.2) is 39.9 Å². The molecule has 0 radical (unpaired) electrons. The summed E-state index contributed by atoms with van der Waals surface area (Å²) in [7, 11) is 0. The van der Waals surface area contributed by atoms with Crippen molar-refractivity contribution in [2.45, 2.75) is 44.6 Å². The highest BCUT2D eigenvalue weighted by Crippen LogP contribution is 2.35. The van der Waals surface area contributed by atoms with Gasteiger partial charge in [-0.3, -0.25) is 4.90 Å². The van der Waals surface area contributed by atoms with E-state index in [1.54, 1.807) is 0 Å². The number of aliphatic hydroxyl groups excluding tert-OH is 1. The quantitative estimate of drug-likeness (QED) is 0.879. The van der Waals surface area contributed by atoms with E-state index in [1.807, 2.05) is 0 Å². The lowest BCUT2D eigenvalue weighted by molar-refractivity contribution is 0.108. The molecule has 1 N–H and O–H groups in total. The normalized spacial score (nSPS) is 26.2. The first-order valence-corrected chi connectivity index (χ1v) is 7.00. The molecule has 1 saturated heterocycles. The molecule has 0 aromatic carbocycles. The molecule has 0 amide bonds. The molecule has 2 aliphatic rings. The Morgan fingerprint density at radius 2 is 2.11 bits per heavy atom. The van der Waals surface area contributed by atoms with Crippen molar-refractivity contribution in [1.82, 2.24) is 15.1 Å². The topological polar surface area (TPSA) is 62.4 Å². The van der Waals surface area contributed by atoms with Crippen molar-refractivity contribution in [1.29, 1.82) is 0 Å². The molecule has 1 unspecified atom stereocenters. The number of aromatic nitrogens is 2. The summed E-state index contributed by atoms with van der Waals surface area (Å²) in [6.07, 6.45) is 5.95. The average molecular weight is 251 g/mol. The first kappa shape index (κ1) is 12.1. The summed E-state index contributed by atoms with van der Waals surface area (Å²) in [6.45, 7) is 3.03. The molecule has 1 aromatic heterocycles. The summed E-state index contributed by atoms with van der Waals surface area (Å²) in [6, 6.07) is 0. The second-order valence-electron chi connectivity index (χ2n) is 5.59. The van der Waals surface area contributed by atoms with Gasteiger partial charge < -0.3 is 9.52 Å². The van der Waals surface area contributed by atoms with Crippen LogP contribution in [0.5, 0.6) is 0 Å². The Labute approximate surface area is 107 Å². The maximum Gasteiger partial charge on any atom is 0.230 e. The third kappa shape index (κ3) is 2.57. The zero-order chi connectivity index (χ0) is 12.4. The molecular weight excluding hydrogens is 230 g/mol. The molecule has 2 heterocycles. The Balaban J connectivity index is 1.56. The maximum absolute atomic E-state index is 9.21. The minimum absolute atomic E-state index is 0.285. The third-order valence-electron chi connectivity index (χ3n) is 4.16. The van der Waals surface area contributed by atoms with Gasteiger partial charge in [-0.2, -0.15) is 0 Å². The van der Waals surface area contributed by atoms with Crippen LogP contribution in [0.1, 0.15) is 49.8 Å². The molecule has 1 aliphatic carbocycles. The predicted octanol–water partition coefficient (Wildman–Crippen LogP) is 1.54. The van der Waals surface area contributed by atoms with Gasteiger partial charge in [0.2, 0.25) is 11.8 Å². The van der Waals surface area contributed by atoms with Crippen molar-refractivity contribution in [3.05, 3.63) is 11.8 Å². The fraction of sp³-hybridized carbons (Fsp3) is 0.846. The van der Waals surface area contributed by atoms with Crippen molar-refractivity contribution in [3.63, 3.8) is 0 Å². The van der Waals surface area contributed by atoms with E-state index in [1.165, 1.54) is 19.3 Å². The second kappa shape index (κ2) is 5.36. The van der Waals surface area contributed by atoms with Crippen LogP contribution in [0.25, 0.3) is 0 Å². The Morgan fingerprint density at radius 3 is 2.83 bits per heavy atom. The van der Waals surface area contributed by atoms with Crippen LogP contribution >= 0.6 is 0 Å². The van der Waals surface area contributed by atoms with E-state index >= 15 is 0 Å². The molecule has 100 valence electrons. The summed E-state index contributed by atoms with van der Waals surface area (Å²) in [5.41, 5.74) is 0. The fourth-order valence-corrected chi connectivity index (χ4v) is 2.79. The van der Waals surface area contributed by atoms with Gasteiger partial charge in [0.15, 0.2) is 0 Å². The van der Waals surface area contributed by atoms with Gasteiger partial charge in [-0.25, -0.2) is 0 Å². The van der Waals surface area contributed by atoms with E-state index in [2.05, 4.69) is 15.1 Å². The number of hydrogen-bond acceptors (Lipinski definition) is 5. The molecule has 1 saturated carbocycles. The number of aliphatic hydroxyl groups is 1. The van der Waals surface area contributed by atoms with Crippen molar-refractivity contribution in [2.75, 3.05) is 19.7 Å². The molecule has 0 bridgehead atoms. The largest absolute Gasteiger partial charge is 0.424 e. The number of rotatable bonds is 4. The van der Waals surface area contributed by atoms with E-state index in [-0.39, 0.29) is 6.61 Å². The standard InChI is InChI=1S/C13H21N3O2/c17-9-10-3-2-6-16(7-10)8-12-14-15-13(18-12)11-4-1-5-11/h10-11,17H,1-9H2. The van der Waals surface area contributed by atoms with Gasteiger partial charge in [0.05, 0.1) is 6.54 Å². The summed E-state index contributed by atoms with van der Waals surface area (Å²) in [4.78, 5) is 2.31. The Kier molecular flexibility index (Phi) is 3.61. The van der Waals surface area contributed by atoms with Crippen molar-refractivity contribution in [2.24, 2.45) is 5.92 Å². The molecule has 1 aromatic rings. The van der Waals surface area contributed by atoms with Crippen LogP contribution < -0.4 is 0 Å². The Bertz CT molecular complexity index is 389. The average Bonchev–Trinajstić information content (AvgIpc) is 2.75. The van der Waals surface area contributed by atoms with Gasteiger partial charge in [-0.1, -0.05) is 6.42 Å². The fourth-order valence-electron chi connectivity index (χ4n) is 2.79. The smallest absolute Gasteiger partial charge is 0.230 e. The molecule has 2 fully saturated rings. The molecule has 5 heteroatoms. The second-order valence-corrected chi connectivity index (χ2v) is 5.59. The van der Waals surface area contributed by atoms with Crippen LogP contribution in [0.15, 0.2) is 4.42 Å². The molecule has 3 rings (SSSR count). The van der Waals surface area contributed by atoms with Crippen LogP contribution in [0.3, 0.4) is 0 Å². The summed E-state index contributed by atoms with van der Waals surface area (Å²) < 4.78 is 5.73. The van der Waals surface area contributed by atoms with Crippen LogP contribution in [0.2, 0.25) is 0 Å². The lowest BCUT2D eigenvalue weighted by atomic mass is 9.85. The maximum atomic E-state index is 9.21. The summed E-state index contributed by atoms with van der Waals surface area (Å²) >= 11 is 0. The lowest BCUT2D eigenvalue weighted by Crippen LogP contribution is -2.36. The van der Waals surface area contributed by atoms with Gasteiger partial charge in [-0.05, 0) is 38.1 Å². The van der Waals surface area contributed by atoms with E-state index in [0.29, 0.717) is 11.8 Å². The minimum atomic E-state index is 0.285. The van der Waals surface area contributed by atoms with E-state index in [9.17, 15) is 5.11 Å². The number of piperidine rings is 1. The molecule has 18 heavy (non-hydrogen) atoms. The van der Waals surface area contributed by atoms with Crippen LogP contribution in [-0.2, 0) is 6.54 Å². The molecule has 5 nitrogen and oxygen atoms in total. The van der Waals surface area contributed by atoms with E-state index in [0.717, 1.165) is 44.3 Å². The number of nitrogens with zero attached hydrogens (tertiary/aromatic N) is 3. The Hall–Kier alpha value is -0.940. The molecule has 0 spiro atoms. The van der Waals surface area contributed by atoms with Gasteiger partial charge >= 0.3 is 0 Å². The third-order valence-corrected chi connectivity index (χ3v) is 4.16. The number of hydrogen-bond donors (Lipinski definition) is 1. The van der Waals surface area contributed by atoms with Gasteiger partial charge in [-0.15, -0.1) is 10.2 Å². The predicted molar refractivity (Wildman–Crippen MR) is 66.0 cm³/mol. The summed E-state index contributed by atoms with van der Waals surface area (Å²) in [5, 5.41) is 17.5. The first-order valence-electron chi connectivity index (χ1n) is 7.00. The van der Waals surface area contributed by atoms with Crippen molar-refractivity contribution >= 4 is 0 Å². The zero-order valence-corrected chi connectivity index (χ0v) is 10.7. The highest BCUT2D eigenvalue weighted by molar-refractivity contribution is 4.96. The highest BCUT2D eigenvalue weighted by atomic mass is 16.4. The monoisotopic (exact) mass is 251 g/mol. The minimum Gasteiger partial charge on any atom is -0.424 e. The van der Waals surface area contributed by atoms with Gasteiger partial charge in [0.1, 0.15) is 0 Å². The zero-order valence-electron chi connectivity index (χ0n) is 10.7. The first-order chi connectivity index (χ1) is 8.85. The molecular formula is C13H21N3O2. The SMILES string of the molecule is OCC1CCCN(Cc2nnc(C3CCC3)o2)C1. The lowest BCUT2D eigenvalue weighted by Gasteiger charge is -2.30. The van der Waals surface area contributed by atoms with Crippen LogP contribution in [0, 0.1) is 5.92 Å². The van der Waals surface area contributed by atoms with Crippen molar-refractivity contribution in [3.8, 4) is 0 Å². The van der Waals surface area contributed by atoms with Crippen molar-refractivity contribution < 1.29 is 9.52 Å². The highest BCUT2D eigenvalue weighted by Gasteiger charge is 2.26. The van der Waals surface area contributed by atoms with E-state index in [4.69, 9.17) is 4.42 Å². The molecule has 1 aliphatic heterocycles.